The minimum Gasteiger partial charge on any atom is -0.353 e. The topological polar surface area (TPSA) is 59.0 Å². The van der Waals surface area contributed by atoms with Gasteiger partial charge in [-0.3, -0.25) is 14.8 Å². The lowest BCUT2D eigenvalue weighted by Gasteiger charge is -2.34. The van der Waals surface area contributed by atoms with Crippen LogP contribution in [0.15, 0.2) is 12.4 Å². The molecule has 1 aromatic rings. The van der Waals surface area contributed by atoms with E-state index >= 15 is 0 Å². The Morgan fingerprint density at radius 1 is 1.64 bits per heavy atom. The molecule has 0 aromatic carbocycles. The van der Waals surface area contributed by atoms with E-state index in [4.69, 9.17) is 0 Å². The summed E-state index contributed by atoms with van der Waals surface area (Å²) in [7, 11) is 1.88. The lowest BCUT2D eigenvalue weighted by Crippen LogP contribution is -2.57. The number of nitrogens with one attached hydrogen (secondary N) is 2. The number of amides is 1. The number of aryl methyl sites for hydroxylation is 1. The Kier molecular flexibility index (Phi) is 2.03. The molecule has 76 valence electrons. The molecule has 0 aliphatic carbocycles. The number of carbonyl (C=O) groups excluding carboxylic acids is 1. The molecule has 2 rings (SSSR count). The first kappa shape index (κ1) is 9.21. The summed E-state index contributed by atoms with van der Waals surface area (Å²) in [6.45, 7) is 3.03. The zero-order chi connectivity index (χ0) is 10.2. The SMILES string of the molecule is Cn1cc(C2(C)CNC(=O)CN2)cn1. The molecule has 2 heterocycles. The van der Waals surface area contributed by atoms with Gasteiger partial charge in [0.2, 0.25) is 5.91 Å². The summed E-state index contributed by atoms with van der Waals surface area (Å²) in [5, 5.41) is 10.2. The number of hydrogen-bond acceptors (Lipinski definition) is 3. The van der Waals surface area contributed by atoms with Crippen LogP contribution in [-0.4, -0.2) is 28.8 Å². The second-order valence-corrected chi connectivity index (χ2v) is 3.87. The van der Waals surface area contributed by atoms with Gasteiger partial charge in [-0.05, 0) is 6.92 Å². The molecular weight excluding hydrogens is 180 g/mol. The Morgan fingerprint density at radius 3 is 2.93 bits per heavy atom. The Labute approximate surface area is 82.5 Å². The standard InChI is InChI=1S/C9H14N4O/c1-9(6-10-8(14)4-11-9)7-3-12-13(2)5-7/h3,5,11H,4,6H2,1-2H3,(H,10,14). The summed E-state index contributed by atoms with van der Waals surface area (Å²) >= 11 is 0. The van der Waals surface area contributed by atoms with Gasteiger partial charge in [-0.1, -0.05) is 0 Å². The average molecular weight is 194 g/mol. The minimum atomic E-state index is -0.192. The van der Waals surface area contributed by atoms with Crippen molar-refractivity contribution in [2.75, 3.05) is 13.1 Å². The van der Waals surface area contributed by atoms with Gasteiger partial charge in [-0.25, -0.2) is 0 Å². The maximum atomic E-state index is 11.0. The molecule has 2 N–H and O–H groups in total. The third-order valence-corrected chi connectivity index (χ3v) is 2.62. The van der Waals surface area contributed by atoms with Crippen LogP contribution in [0.5, 0.6) is 0 Å². The molecule has 0 bridgehead atoms. The van der Waals surface area contributed by atoms with E-state index in [0.29, 0.717) is 13.1 Å². The molecule has 1 fully saturated rings. The Bertz CT molecular complexity index is 347. The highest BCUT2D eigenvalue weighted by molar-refractivity contribution is 5.79. The maximum absolute atomic E-state index is 11.0. The lowest BCUT2D eigenvalue weighted by atomic mass is 9.93. The first-order chi connectivity index (χ1) is 6.60. The monoisotopic (exact) mass is 194 g/mol. The van der Waals surface area contributed by atoms with Gasteiger partial charge in [0.05, 0.1) is 18.3 Å². The van der Waals surface area contributed by atoms with Crippen LogP contribution < -0.4 is 10.6 Å². The van der Waals surface area contributed by atoms with Crippen molar-refractivity contribution >= 4 is 5.91 Å². The molecule has 0 radical (unpaired) electrons. The van der Waals surface area contributed by atoms with E-state index in [1.807, 2.05) is 19.4 Å². The van der Waals surface area contributed by atoms with Crippen LogP contribution in [-0.2, 0) is 17.4 Å². The summed E-state index contributed by atoms with van der Waals surface area (Å²) < 4.78 is 1.76. The molecule has 14 heavy (non-hydrogen) atoms. The molecule has 5 heteroatoms. The third-order valence-electron chi connectivity index (χ3n) is 2.62. The fraction of sp³-hybridized carbons (Fsp3) is 0.556. The van der Waals surface area contributed by atoms with Crippen molar-refractivity contribution in [1.29, 1.82) is 0 Å². The number of carbonyl (C=O) groups is 1. The minimum absolute atomic E-state index is 0.0476. The number of rotatable bonds is 1. The molecule has 1 unspecified atom stereocenters. The van der Waals surface area contributed by atoms with Gasteiger partial charge >= 0.3 is 0 Å². The number of nitrogens with zero attached hydrogens (tertiary/aromatic N) is 2. The number of aromatic nitrogens is 2. The number of piperazine rings is 1. The van der Waals surface area contributed by atoms with Crippen molar-refractivity contribution in [2.45, 2.75) is 12.5 Å². The maximum Gasteiger partial charge on any atom is 0.234 e. The van der Waals surface area contributed by atoms with Crippen LogP contribution in [0.2, 0.25) is 0 Å². The second-order valence-electron chi connectivity index (χ2n) is 3.87. The molecule has 1 aromatic heterocycles. The van der Waals surface area contributed by atoms with E-state index in [9.17, 15) is 4.79 Å². The van der Waals surface area contributed by atoms with E-state index in [2.05, 4.69) is 22.7 Å². The quantitative estimate of drug-likeness (QED) is 0.625. The summed E-state index contributed by atoms with van der Waals surface area (Å²) in [6.07, 6.45) is 3.79. The summed E-state index contributed by atoms with van der Waals surface area (Å²) in [5.74, 6) is 0.0476. The van der Waals surface area contributed by atoms with Gasteiger partial charge in [0.1, 0.15) is 0 Å². The highest BCUT2D eigenvalue weighted by Crippen LogP contribution is 2.20. The van der Waals surface area contributed by atoms with Gasteiger partial charge in [0, 0.05) is 25.4 Å². The molecule has 1 atom stereocenters. The van der Waals surface area contributed by atoms with Gasteiger partial charge in [0.15, 0.2) is 0 Å². The lowest BCUT2D eigenvalue weighted by molar-refractivity contribution is -0.122. The van der Waals surface area contributed by atoms with Crippen molar-refractivity contribution in [3.63, 3.8) is 0 Å². The largest absolute Gasteiger partial charge is 0.353 e. The van der Waals surface area contributed by atoms with E-state index < -0.39 is 0 Å². The van der Waals surface area contributed by atoms with Gasteiger partial charge < -0.3 is 5.32 Å². The first-order valence-electron chi connectivity index (χ1n) is 4.61. The van der Waals surface area contributed by atoms with E-state index in [1.54, 1.807) is 4.68 Å². The smallest absolute Gasteiger partial charge is 0.234 e. The van der Waals surface area contributed by atoms with Crippen LogP contribution in [0, 0.1) is 0 Å². The molecule has 1 saturated heterocycles. The van der Waals surface area contributed by atoms with E-state index in [0.717, 1.165) is 5.56 Å². The molecule has 1 aliphatic rings. The van der Waals surface area contributed by atoms with Gasteiger partial charge in [-0.15, -0.1) is 0 Å². The molecular formula is C9H14N4O. The normalized spacial score (nSPS) is 27.4. The molecule has 0 saturated carbocycles. The Hall–Kier alpha value is -1.36. The highest BCUT2D eigenvalue weighted by atomic mass is 16.2. The average Bonchev–Trinajstić information content (AvgIpc) is 2.58. The predicted molar refractivity (Wildman–Crippen MR) is 51.6 cm³/mol. The van der Waals surface area contributed by atoms with Crippen LogP contribution in [0.25, 0.3) is 0 Å². The van der Waals surface area contributed by atoms with Crippen LogP contribution in [0.1, 0.15) is 12.5 Å². The fourth-order valence-electron chi connectivity index (χ4n) is 1.59. The van der Waals surface area contributed by atoms with Crippen LogP contribution in [0.4, 0.5) is 0 Å². The van der Waals surface area contributed by atoms with Crippen molar-refractivity contribution in [1.82, 2.24) is 20.4 Å². The van der Waals surface area contributed by atoms with Crippen LogP contribution >= 0.6 is 0 Å². The highest BCUT2D eigenvalue weighted by Gasteiger charge is 2.31. The van der Waals surface area contributed by atoms with Crippen LogP contribution in [0.3, 0.4) is 0 Å². The molecule has 1 amide bonds. The van der Waals surface area contributed by atoms with E-state index in [-0.39, 0.29) is 11.4 Å². The van der Waals surface area contributed by atoms with Crippen molar-refractivity contribution < 1.29 is 4.79 Å². The summed E-state index contributed by atoms with van der Waals surface area (Å²) in [6, 6.07) is 0. The summed E-state index contributed by atoms with van der Waals surface area (Å²) in [5.41, 5.74) is 0.905. The van der Waals surface area contributed by atoms with Gasteiger partial charge in [0.25, 0.3) is 0 Å². The van der Waals surface area contributed by atoms with Crippen molar-refractivity contribution in [3.8, 4) is 0 Å². The predicted octanol–water partition coefficient (Wildman–Crippen LogP) is -0.645. The van der Waals surface area contributed by atoms with E-state index in [1.165, 1.54) is 0 Å². The van der Waals surface area contributed by atoms with Crippen molar-refractivity contribution in [3.05, 3.63) is 18.0 Å². The number of hydrogen-bond donors (Lipinski definition) is 2. The zero-order valence-corrected chi connectivity index (χ0v) is 8.37. The second kappa shape index (κ2) is 3.09. The Balaban J connectivity index is 2.20. The Morgan fingerprint density at radius 2 is 2.43 bits per heavy atom. The van der Waals surface area contributed by atoms with Crippen molar-refractivity contribution in [2.24, 2.45) is 7.05 Å². The molecule has 0 spiro atoms. The summed E-state index contributed by atoms with van der Waals surface area (Å²) in [4.78, 5) is 11.0. The zero-order valence-electron chi connectivity index (χ0n) is 8.37. The van der Waals surface area contributed by atoms with Gasteiger partial charge in [-0.2, -0.15) is 5.10 Å². The molecule has 5 nitrogen and oxygen atoms in total. The first-order valence-corrected chi connectivity index (χ1v) is 4.61. The molecule has 1 aliphatic heterocycles. The third kappa shape index (κ3) is 1.50. The fourth-order valence-corrected chi connectivity index (χ4v) is 1.59.